The zero-order chi connectivity index (χ0) is 22.5. The van der Waals surface area contributed by atoms with Crippen LogP contribution in [-0.2, 0) is 14.3 Å². The summed E-state index contributed by atoms with van der Waals surface area (Å²) in [7, 11) is 1.57. The topological polar surface area (TPSA) is 93.7 Å². The molecule has 8 heteroatoms. The Kier molecular flexibility index (Phi) is 7.22. The maximum atomic E-state index is 13.0. The molecule has 0 unspecified atom stereocenters. The number of rotatable bonds is 7. The number of benzene rings is 2. The van der Waals surface area contributed by atoms with E-state index in [0.717, 1.165) is 10.5 Å². The zero-order valence-corrected chi connectivity index (χ0v) is 18.7. The van der Waals surface area contributed by atoms with E-state index in [2.05, 4.69) is 10.6 Å². The summed E-state index contributed by atoms with van der Waals surface area (Å²) in [4.78, 5) is 38.1. The van der Waals surface area contributed by atoms with Gasteiger partial charge in [0.2, 0.25) is 5.91 Å². The van der Waals surface area contributed by atoms with Crippen LogP contribution >= 0.6 is 11.8 Å². The first-order valence-electron chi connectivity index (χ1n) is 10.0. The minimum atomic E-state index is -0.579. The van der Waals surface area contributed by atoms with E-state index in [1.54, 1.807) is 57.4 Å². The number of esters is 1. The van der Waals surface area contributed by atoms with E-state index in [4.69, 9.17) is 9.47 Å². The average molecular weight is 443 g/mol. The summed E-state index contributed by atoms with van der Waals surface area (Å²) in [6.07, 6.45) is -0.255. The van der Waals surface area contributed by atoms with Gasteiger partial charge in [0, 0.05) is 10.5 Å². The fourth-order valence-electron chi connectivity index (χ4n) is 3.16. The summed E-state index contributed by atoms with van der Waals surface area (Å²) < 4.78 is 10.5. The van der Waals surface area contributed by atoms with Crippen LogP contribution in [0.4, 0.5) is 5.69 Å². The van der Waals surface area contributed by atoms with Crippen LogP contribution in [0.1, 0.15) is 49.2 Å². The van der Waals surface area contributed by atoms with Gasteiger partial charge in [-0.3, -0.25) is 14.4 Å². The number of amides is 2. The van der Waals surface area contributed by atoms with Crippen molar-refractivity contribution in [1.29, 1.82) is 0 Å². The molecule has 0 fully saturated rings. The van der Waals surface area contributed by atoms with Gasteiger partial charge in [-0.2, -0.15) is 0 Å². The highest BCUT2D eigenvalue weighted by Crippen LogP contribution is 2.36. The minimum absolute atomic E-state index is 0.00864. The van der Waals surface area contributed by atoms with Crippen LogP contribution in [0.3, 0.4) is 0 Å². The van der Waals surface area contributed by atoms with E-state index in [0.29, 0.717) is 17.0 Å². The van der Waals surface area contributed by atoms with E-state index in [9.17, 15) is 14.4 Å². The summed E-state index contributed by atoms with van der Waals surface area (Å²) in [6.45, 7) is 5.39. The van der Waals surface area contributed by atoms with E-state index >= 15 is 0 Å². The van der Waals surface area contributed by atoms with Crippen molar-refractivity contribution in [3.05, 3.63) is 53.6 Å². The van der Waals surface area contributed by atoms with Gasteiger partial charge in [0.1, 0.15) is 5.75 Å². The summed E-state index contributed by atoms with van der Waals surface area (Å²) in [6, 6.07) is 11.8. The number of carbonyl (C=O) groups is 3. The predicted octanol–water partition coefficient (Wildman–Crippen LogP) is 3.94. The van der Waals surface area contributed by atoms with Crippen LogP contribution in [0.15, 0.2) is 47.4 Å². The molecule has 2 atom stereocenters. The molecule has 0 bridgehead atoms. The quantitative estimate of drug-likeness (QED) is 0.631. The molecule has 1 aliphatic heterocycles. The third-order valence-electron chi connectivity index (χ3n) is 4.73. The molecule has 31 heavy (non-hydrogen) atoms. The van der Waals surface area contributed by atoms with Crippen molar-refractivity contribution in [2.75, 3.05) is 12.4 Å². The minimum Gasteiger partial charge on any atom is -0.497 e. The number of anilines is 1. The van der Waals surface area contributed by atoms with Crippen molar-refractivity contribution in [3.63, 3.8) is 0 Å². The standard InChI is InChI=1S/C23H26N2O5S/c1-13(2)30-21(26)12-18(15-5-8-17(29-4)9-6-15)24-23(28)16-7-10-20-19(11-16)25-22(27)14(3)31-20/h5-11,13-14,18H,12H2,1-4H3,(H,24,28)(H,25,27)/t14-,18+/m0/s1. The van der Waals surface area contributed by atoms with Gasteiger partial charge < -0.3 is 20.1 Å². The first-order valence-corrected chi connectivity index (χ1v) is 10.9. The first-order chi connectivity index (χ1) is 14.8. The fourth-order valence-corrected chi connectivity index (χ4v) is 4.09. The molecule has 0 saturated heterocycles. The van der Waals surface area contributed by atoms with Gasteiger partial charge in [-0.05, 0) is 56.7 Å². The van der Waals surface area contributed by atoms with Crippen LogP contribution in [0.25, 0.3) is 0 Å². The summed E-state index contributed by atoms with van der Waals surface area (Å²) in [5, 5.41) is 5.56. The van der Waals surface area contributed by atoms with Gasteiger partial charge in [-0.25, -0.2) is 0 Å². The van der Waals surface area contributed by atoms with Gasteiger partial charge in [0.05, 0.1) is 36.6 Å². The van der Waals surface area contributed by atoms with Crippen LogP contribution in [0.5, 0.6) is 5.75 Å². The second-order valence-corrected chi connectivity index (χ2v) is 8.88. The monoisotopic (exact) mass is 442 g/mol. The van der Waals surface area contributed by atoms with Crippen LogP contribution in [0.2, 0.25) is 0 Å². The Morgan fingerprint density at radius 2 is 1.87 bits per heavy atom. The number of carbonyl (C=O) groups excluding carboxylic acids is 3. The highest BCUT2D eigenvalue weighted by atomic mass is 32.2. The molecule has 2 amide bonds. The molecule has 1 heterocycles. The van der Waals surface area contributed by atoms with Gasteiger partial charge in [-0.15, -0.1) is 11.8 Å². The molecule has 2 N–H and O–H groups in total. The molecule has 0 aliphatic carbocycles. The van der Waals surface area contributed by atoms with Crippen LogP contribution in [-0.4, -0.2) is 36.2 Å². The summed E-state index contributed by atoms with van der Waals surface area (Å²) in [5.74, 6) is -0.170. The number of methoxy groups -OCH3 is 1. The fraction of sp³-hybridized carbons (Fsp3) is 0.348. The normalized spacial score (nSPS) is 16.2. The van der Waals surface area contributed by atoms with E-state index in [1.165, 1.54) is 11.8 Å². The summed E-state index contributed by atoms with van der Waals surface area (Å²) >= 11 is 1.45. The van der Waals surface area contributed by atoms with Crippen molar-refractivity contribution in [1.82, 2.24) is 5.32 Å². The Labute approximate surface area is 185 Å². The number of hydrogen-bond acceptors (Lipinski definition) is 6. The Bertz CT molecular complexity index is 974. The zero-order valence-electron chi connectivity index (χ0n) is 17.9. The molecule has 2 aromatic rings. The second kappa shape index (κ2) is 9.87. The Hall–Kier alpha value is -3.00. The SMILES string of the molecule is COc1ccc([C@@H](CC(=O)OC(C)C)NC(=O)c2ccc3c(c2)NC(=O)[C@H](C)S3)cc1. The molecular formula is C23H26N2O5S. The number of ether oxygens (including phenoxy) is 2. The van der Waals surface area contributed by atoms with Crippen molar-refractivity contribution >= 4 is 35.2 Å². The van der Waals surface area contributed by atoms with Gasteiger partial charge in [0.25, 0.3) is 5.91 Å². The van der Waals surface area contributed by atoms with Gasteiger partial charge >= 0.3 is 5.97 Å². The van der Waals surface area contributed by atoms with Gasteiger partial charge in [-0.1, -0.05) is 12.1 Å². The number of fused-ring (bicyclic) bond motifs is 1. The van der Waals surface area contributed by atoms with Crippen molar-refractivity contribution in [2.45, 2.75) is 49.5 Å². The van der Waals surface area contributed by atoms with Gasteiger partial charge in [0.15, 0.2) is 0 Å². The lowest BCUT2D eigenvalue weighted by Crippen LogP contribution is -2.31. The largest absolute Gasteiger partial charge is 0.497 e. The molecule has 0 spiro atoms. The molecule has 1 aliphatic rings. The number of nitrogens with one attached hydrogen (secondary N) is 2. The van der Waals surface area contributed by atoms with E-state index in [1.807, 2.05) is 13.0 Å². The molecule has 0 radical (unpaired) electrons. The molecule has 0 aromatic heterocycles. The predicted molar refractivity (Wildman–Crippen MR) is 119 cm³/mol. The average Bonchev–Trinajstić information content (AvgIpc) is 2.73. The number of thioether (sulfide) groups is 1. The van der Waals surface area contributed by atoms with Crippen LogP contribution < -0.4 is 15.4 Å². The number of hydrogen-bond donors (Lipinski definition) is 2. The third-order valence-corrected chi connectivity index (χ3v) is 5.91. The Morgan fingerprint density at radius 3 is 2.52 bits per heavy atom. The lowest BCUT2D eigenvalue weighted by molar-refractivity contribution is -0.148. The Balaban J connectivity index is 1.81. The third kappa shape index (κ3) is 5.79. The molecule has 7 nitrogen and oxygen atoms in total. The van der Waals surface area contributed by atoms with E-state index in [-0.39, 0.29) is 29.6 Å². The first kappa shape index (κ1) is 22.7. The van der Waals surface area contributed by atoms with Crippen molar-refractivity contribution < 1.29 is 23.9 Å². The molecule has 0 saturated carbocycles. The molecule has 3 rings (SSSR count). The maximum Gasteiger partial charge on any atom is 0.308 e. The van der Waals surface area contributed by atoms with Crippen molar-refractivity contribution in [2.24, 2.45) is 0 Å². The Morgan fingerprint density at radius 1 is 1.16 bits per heavy atom. The molecule has 2 aromatic carbocycles. The molecule has 164 valence electrons. The highest BCUT2D eigenvalue weighted by molar-refractivity contribution is 8.00. The highest BCUT2D eigenvalue weighted by Gasteiger charge is 2.25. The smallest absolute Gasteiger partial charge is 0.308 e. The maximum absolute atomic E-state index is 13.0. The van der Waals surface area contributed by atoms with E-state index < -0.39 is 12.0 Å². The molecular weight excluding hydrogens is 416 g/mol. The van der Waals surface area contributed by atoms with Crippen molar-refractivity contribution in [3.8, 4) is 5.75 Å². The van der Waals surface area contributed by atoms with Crippen LogP contribution in [0, 0.1) is 0 Å². The second-order valence-electron chi connectivity index (χ2n) is 7.50. The lowest BCUT2D eigenvalue weighted by Gasteiger charge is -2.23. The lowest BCUT2D eigenvalue weighted by atomic mass is 10.0. The summed E-state index contributed by atoms with van der Waals surface area (Å²) in [5.41, 5.74) is 1.76.